The van der Waals surface area contributed by atoms with Crippen LogP contribution in [0.1, 0.15) is 24.2 Å². The van der Waals surface area contributed by atoms with Crippen molar-refractivity contribution < 1.29 is 4.74 Å². The largest absolute Gasteiger partial charge is 0.486 e. The maximum absolute atomic E-state index is 12.0. The van der Waals surface area contributed by atoms with Crippen LogP contribution >= 0.6 is 0 Å². The van der Waals surface area contributed by atoms with Crippen LogP contribution in [0.4, 0.5) is 0 Å². The SMILES string of the molecule is Cn1ccn2c(COc3ccc(CC4CCCNC4)cc3)nnc2c1=O. The number of piperidine rings is 1. The molecule has 0 bridgehead atoms. The first-order valence-electron chi connectivity index (χ1n) is 9.02. The summed E-state index contributed by atoms with van der Waals surface area (Å²) in [7, 11) is 1.69. The van der Waals surface area contributed by atoms with Gasteiger partial charge in [0.15, 0.2) is 5.82 Å². The van der Waals surface area contributed by atoms with Gasteiger partial charge >= 0.3 is 0 Å². The Morgan fingerprint density at radius 3 is 2.85 bits per heavy atom. The Hall–Kier alpha value is -2.67. The molecule has 1 aliphatic heterocycles. The lowest BCUT2D eigenvalue weighted by Crippen LogP contribution is -2.30. The number of benzene rings is 1. The Morgan fingerprint density at radius 1 is 1.23 bits per heavy atom. The predicted molar refractivity (Wildman–Crippen MR) is 98.3 cm³/mol. The van der Waals surface area contributed by atoms with Crippen molar-refractivity contribution >= 4 is 5.65 Å². The molecule has 7 nitrogen and oxygen atoms in total. The highest BCUT2D eigenvalue weighted by atomic mass is 16.5. The highest BCUT2D eigenvalue weighted by molar-refractivity contribution is 5.34. The van der Waals surface area contributed by atoms with Crippen LogP contribution in [0, 0.1) is 5.92 Å². The highest BCUT2D eigenvalue weighted by Gasteiger charge is 2.13. The van der Waals surface area contributed by atoms with Crippen LogP contribution in [0.15, 0.2) is 41.5 Å². The number of hydrogen-bond donors (Lipinski definition) is 1. The summed E-state index contributed by atoms with van der Waals surface area (Å²) in [5.74, 6) is 2.12. The number of hydrogen-bond acceptors (Lipinski definition) is 5. The van der Waals surface area contributed by atoms with E-state index in [0.29, 0.717) is 11.5 Å². The van der Waals surface area contributed by atoms with Crippen molar-refractivity contribution in [2.45, 2.75) is 25.9 Å². The van der Waals surface area contributed by atoms with Gasteiger partial charge in [-0.25, -0.2) is 0 Å². The minimum atomic E-state index is -0.173. The third kappa shape index (κ3) is 3.48. The van der Waals surface area contributed by atoms with E-state index in [-0.39, 0.29) is 12.2 Å². The topological polar surface area (TPSA) is 73.5 Å². The average Bonchev–Trinajstić information content (AvgIpc) is 3.09. The average molecular weight is 353 g/mol. The summed E-state index contributed by atoms with van der Waals surface area (Å²) >= 11 is 0. The van der Waals surface area contributed by atoms with Crippen molar-refractivity contribution in [1.29, 1.82) is 0 Å². The van der Waals surface area contributed by atoms with E-state index in [0.717, 1.165) is 31.2 Å². The molecule has 136 valence electrons. The van der Waals surface area contributed by atoms with Crippen molar-refractivity contribution in [3.05, 3.63) is 58.4 Å². The van der Waals surface area contributed by atoms with Crippen LogP contribution in [-0.2, 0) is 20.1 Å². The van der Waals surface area contributed by atoms with Gasteiger partial charge in [-0.1, -0.05) is 12.1 Å². The molecule has 3 aromatic rings. The van der Waals surface area contributed by atoms with Crippen molar-refractivity contribution in [3.8, 4) is 5.75 Å². The second-order valence-corrected chi connectivity index (χ2v) is 6.87. The van der Waals surface area contributed by atoms with E-state index < -0.39 is 0 Å². The van der Waals surface area contributed by atoms with Gasteiger partial charge in [-0.2, -0.15) is 0 Å². The van der Waals surface area contributed by atoms with Gasteiger partial charge in [-0.3, -0.25) is 9.20 Å². The van der Waals surface area contributed by atoms with Gasteiger partial charge in [0.25, 0.3) is 5.56 Å². The van der Waals surface area contributed by atoms with Gasteiger partial charge in [0.2, 0.25) is 5.65 Å². The second kappa shape index (κ2) is 7.29. The summed E-state index contributed by atoms with van der Waals surface area (Å²) in [5.41, 5.74) is 1.47. The minimum Gasteiger partial charge on any atom is -0.486 e. The van der Waals surface area contributed by atoms with E-state index in [4.69, 9.17) is 4.74 Å². The van der Waals surface area contributed by atoms with E-state index in [1.807, 2.05) is 12.1 Å². The van der Waals surface area contributed by atoms with Crippen LogP contribution in [0.5, 0.6) is 5.75 Å². The standard InChI is InChI=1S/C19H23N5O2/c1-23-9-10-24-17(21-22-18(24)19(23)25)13-26-16-6-4-14(5-7-16)11-15-3-2-8-20-12-15/h4-7,9-10,15,20H,2-3,8,11-13H2,1H3. The van der Waals surface area contributed by atoms with Crippen molar-refractivity contribution in [1.82, 2.24) is 24.5 Å². The lowest BCUT2D eigenvalue weighted by atomic mass is 9.92. The molecule has 4 rings (SSSR count). The predicted octanol–water partition coefficient (Wildman–Crippen LogP) is 1.55. The summed E-state index contributed by atoms with van der Waals surface area (Å²) in [6.45, 7) is 2.52. The first-order valence-corrected chi connectivity index (χ1v) is 9.02. The Bertz CT molecular complexity index is 939. The van der Waals surface area contributed by atoms with Crippen molar-refractivity contribution in [2.24, 2.45) is 13.0 Å². The summed E-state index contributed by atoms with van der Waals surface area (Å²) in [6.07, 6.45) is 7.13. The Balaban J connectivity index is 1.40. The molecule has 0 amide bonds. The Morgan fingerprint density at radius 2 is 2.08 bits per heavy atom. The number of nitrogens with zero attached hydrogens (tertiary/aromatic N) is 4. The number of rotatable bonds is 5. The molecule has 1 aliphatic rings. The number of ether oxygens (including phenoxy) is 1. The molecular weight excluding hydrogens is 330 g/mol. The van der Waals surface area contributed by atoms with Crippen LogP contribution in [0.3, 0.4) is 0 Å². The van der Waals surface area contributed by atoms with Gasteiger partial charge in [-0.05, 0) is 56.0 Å². The summed E-state index contributed by atoms with van der Waals surface area (Å²) < 4.78 is 8.98. The van der Waals surface area contributed by atoms with E-state index >= 15 is 0 Å². The first kappa shape index (κ1) is 16.8. The van der Waals surface area contributed by atoms with Crippen LogP contribution < -0.4 is 15.6 Å². The van der Waals surface area contributed by atoms with E-state index in [2.05, 4.69) is 27.6 Å². The molecule has 1 fully saturated rings. The van der Waals surface area contributed by atoms with Crippen LogP contribution in [0.2, 0.25) is 0 Å². The molecule has 1 saturated heterocycles. The number of aromatic nitrogens is 4. The summed E-state index contributed by atoms with van der Waals surface area (Å²) in [4.78, 5) is 12.0. The molecular formula is C19H23N5O2. The molecule has 3 heterocycles. The smallest absolute Gasteiger partial charge is 0.295 e. The molecule has 0 radical (unpaired) electrons. The van der Waals surface area contributed by atoms with E-state index in [1.54, 1.807) is 23.8 Å². The summed E-state index contributed by atoms with van der Waals surface area (Å²) in [6, 6.07) is 8.24. The molecule has 0 spiro atoms. The maximum atomic E-state index is 12.0. The van der Waals surface area contributed by atoms with Crippen LogP contribution in [0.25, 0.3) is 5.65 Å². The quantitative estimate of drug-likeness (QED) is 0.753. The zero-order valence-corrected chi connectivity index (χ0v) is 14.9. The zero-order valence-electron chi connectivity index (χ0n) is 14.9. The molecule has 0 aliphatic carbocycles. The molecule has 2 aromatic heterocycles. The first-order chi connectivity index (χ1) is 12.7. The molecule has 7 heteroatoms. The number of fused-ring (bicyclic) bond motifs is 1. The monoisotopic (exact) mass is 353 g/mol. The second-order valence-electron chi connectivity index (χ2n) is 6.87. The molecule has 26 heavy (non-hydrogen) atoms. The fraction of sp³-hybridized carbons (Fsp3) is 0.421. The third-order valence-corrected chi connectivity index (χ3v) is 4.93. The fourth-order valence-electron chi connectivity index (χ4n) is 3.42. The normalized spacial score (nSPS) is 17.5. The van der Waals surface area contributed by atoms with Gasteiger partial charge < -0.3 is 14.6 Å². The minimum absolute atomic E-state index is 0.173. The molecule has 1 aromatic carbocycles. The fourth-order valence-corrected chi connectivity index (χ4v) is 3.42. The number of nitrogens with one attached hydrogen (secondary N) is 1. The van der Waals surface area contributed by atoms with Crippen LogP contribution in [-0.4, -0.2) is 32.3 Å². The summed E-state index contributed by atoms with van der Waals surface area (Å²) in [5, 5.41) is 11.5. The molecule has 0 saturated carbocycles. The zero-order chi connectivity index (χ0) is 17.9. The molecule has 1 N–H and O–H groups in total. The Kier molecular flexibility index (Phi) is 4.71. The lowest BCUT2D eigenvalue weighted by Gasteiger charge is -2.22. The Labute approximate surface area is 151 Å². The van der Waals surface area contributed by atoms with Gasteiger partial charge in [0.1, 0.15) is 12.4 Å². The lowest BCUT2D eigenvalue weighted by molar-refractivity contribution is 0.294. The van der Waals surface area contributed by atoms with Gasteiger partial charge in [0.05, 0.1) is 0 Å². The van der Waals surface area contributed by atoms with E-state index in [9.17, 15) is 4.79 Å². The van der Waals surface area contributed by atoms with Crippen molar-refractivity contribution in [2.75, 3.05) is 13.1 Å². The molecule has 1 unspecified atom stereocenters. The number of aryl methyl sites for hydroxylation is 1. The van der Waals surface area contributed by atoms with Gasteiger partial charge in [-0.15, -0.1) is 10.2 Å². The third-order valence-electron chi connectivity index (χ3n) is 4.93. The van der Waals surface area contributed by atoms with E-state index in [1.165, 1.54) is 23.0 Å². The van der Waals surface area contributed by atoms with Crippen molar-refractivity contribution in [3.63, 3.8) is 0 Å². The van der Waals surface area contributed by atoms with Gasteiger partial charge in [0, 0.05) is 19.4 Å². The highest BCUT2D eigenvalue weighted by Crippen LogP contribution is 2.19. The molecule has 1 atom stereocenters. The maximum Gasteiger partial charge on any atom is 0.295 e.